The van der Waals surface area contributed by atoms with Crippen LogP contribution in [0.1, 0.15) is 11.4 Å². The van der Waals surface area contributed by atoms with Gasteiger partial charge in [0.1, 0.15) is 12.2 Å². The van der Waals surface area contributed by atoms with Crippen molar-refractivity contribution in [2.24, 2.45) is 12.0 Å². The van der Waals surface area contributed by atoms with Crippen LogP contribution in [0, 0.1) is 0 Å². The van der Waals surface area contributed by atoms with Crippen molar-refractivity contribution in [2.75, 3.05) is 13.6 Å². The number of hydrogen-bond donors (Lipinski definition) is 2. The molecule has 2 N–H and O–H groups in total. The Morgan fingerprint density at radius 3 is 2.62 bits per heavy atom. The molecular weight excluding hydrogens is 379 g/mol. The average Bonchev–Trinajstić information content (AvgIpc) is 2.89. The molecular formula is C14H21IN6. The lowest BCUT2D eigenvalue weighted by Gasteiger charge is -2.11. The normalized spacial score (nSPS) is 10.9. The molecule has 6 nitrogen and oxygen atoms in total. The Morgan fingerprint density at radius 2 is 2.00 bits per heavy atom. The predicted octanol–water partition coefficient (Wildman–Crippen LogP) is 1.34. The van der Waals surface area contributed by atoms with Gasteiger partial charge in [-0.1, -0.05) is 30.3 Å². The van der Waals surface area contributed by atoms with Crippen molar-refractivity contribution in [3.8, 4) is 0 Å². The lowest BCUT2D eigenvalue weighted by atomic mass is 10.1. The van der Waals surface area contributed by atoms with Crippen molar-refractivity contribution in [1.29, 1.82) is 0 Å². The molecule has 0 spiro atoms. The van der Waals surface area contributed by atoms with E-state index in [9.17, 15) is 0 Å². The topological polar surface area (TPSA) is 67.1 Å². The molecule has 0 aliphatic rings. The molecule has 2 rings (SSSR count). The van der Waals surface area contributed by atoms with Gasteiger partial charge in [-0.15, -0.1) is 24.0 Å². The van der Waals surface area contributed by atoms with Gasteiger partial charge >= 0.3 is 0 Å². The SMILES string of the molecule is CN=C(NCCc1ccccc1)NCc1ncnn1C.I. The van der Waals surface area contributed by atoms with E-state index in [1.807, 2.05) is 13.1 Å². The first-order valence-corrected chi connectivity index (χ1v) is 6.61. The molecule has 0 fully saturated rings. The minimum atomic E-state index is 0. The molecule has 114 valence electrons. The largest absolute Gasteiger partial charge is 0.356 e. The van der Waals surface area contributed by atoms with Crippen molar-refractivity contribution < 1.29 is 0 Å². The molecule has 21 heavy (non-hydrogen) atoms. The molecule has 2 aromatic rings. The average molecular weight is 400 g/mol. The number of hydrogen-bond acceptors (Lipinski definition) is 3. The Balaban J connectivity index is 0.00000220. The summed E-state index contributed by atoms with van der Waals surface area (Å²) in [7, 11) is 3.63. The fraction of sp³-hybridized carbons (Fsp3) is 0.357. The number of nitrogens with one attached hydrogen (secondary N) is 2. The Morgan fingerprint density at radius 1 is 1.24 bits per heavy atom. The van der Waals surface area contributed by atoms with Crippen molar-refractivity contribution in [2.45, 2.75) is 13.0 Å². The van der Waals surface area contributed by atoms with Crippen molar-refractivity contribution in [1.82, 2.24) is 25.4 Å². The van der Waals surface area contributed by atoms with Crippen LogP contribution in [0.4, 0.5) is 0 Å². The molecule has 7 heteroatoms. The fourth-order valence-electron chi connectivity index (χ4n) is 1.83. The maximum Gasteiger partial charge on any atom is 0.191 e. The first-order valence-electron chi connectivity index (χ1n) is 6.61. The first-order chi connectivity index (χ1) is 9.79. The zero-order valence-electron chi connectivity index (χ0n) is 12.3. The zero-order chi connectivity index (χ0) is 14.2. The van der Waals surface area contributed by atoms with E-state index in [1.165, 1.54) is 5.56 Å². The summed E-state index contributed by atoms with van der Waals surface area (Å²) < 4.78 is 1.74. The van der Waals surface area contributed by atoms with Crippen LogP contribution < -0.4 is 10.6 Å². The first kappa shape index (κ1) is 17.4. The molecule has 1 aromatic carbocycles. The van der Waals surface area contributed by atoms with Gasteiger partial charge in [0.15, 0.2) is 5.96 Å². The second-order valence-electron chi connectivity index (χ2n) is 4.39. The van der Waals surface area contributed by atoms with Gasteiger partial charge in [0, 0.05) is 20.6 Å². The molecule has 0 aliphatic heterocycles. The monoisotopic (exact) mass is 400 g/mol. The van der Waals surface area contributed by atoms with Crippen LogP contribution in [0.25, 0.3) is 0 Å². The smallest absolute Gasteiger partial charge is 0.191 e. The maximum absolute atomic E-state index is 4.19. The standard InChI is InChI=1S/C14H20N6.HI/c1-15-14(17-10-13-18-11-19-20(13)2)16-9-8-12-6-4-3-5-7-12;/h3-7,11H,8-10H2,1-2H3,(H2,15,16,17);1H. The fourth-order valence-corrected chi connectivity index (χ4v) is 1.83. The van der Waals surface area contributed by atoms with Crippen LogP contribution >= 0.6 is 24.0 Å². The number of benzene rings is 1. The van der Waals surface area contributed by atoms with Gasteiger partial charge in [-0.2, -0.15) is 5.10 Å². The van der Waals surface area contributed by atoms with E-state index in [2.05, 4.69) is 50.0 Å². The highest BCUT2D eigenvalue weighted by Crippen LogP contribution is 1.98. The molecule has 0 aliphatic carbocycles. The number of nitrogens with zero attached hydrogens (tertiary/aromatic N) is 4. The van der Waals surface area contributed by atoms with Crippen molar-refractivity contribution >= 4 is 29.9 Å². The van der Waals surface area contributed by atoms with E-state index in [0.29, 0.717) is 6.54 Å². The zero-order valence-corrected chi connectivity index (χ0v) is 14.6. The van der Waals surface area contributed by atoms with Gasteiger partial charge in [-0.05, 0) is 12.0 Å². The second kappa shape index (κ2) is 9.32. The Hall–Kier alpha value is -1.64. The number of aryl methyl sites for hydroxylation is 1. The van der Waals surface area contributed by atoms with E-state index in [0.717, 1.165) is 24.7 Å². The van der Waals surface area contributed by atoms with E-state index in [-0.39, 0.29) is 24.0 Å². The highest BCUT2D eigenvalue weighted by molar-refractivity contribution is 14.0. The summed E-state index contributed by atoms with van der Waals surface area (Å²) in [5.41, 5.74) is 1.31. The minimum Gasteiger partial charge on any atom is -0.356 e. The third-order valence-corrected chi connectivity index (χ3v) is 2.99. The summed E-state index contributed by atoms with van der Waals surface area (Å²) in [5, 5.41) is 10.5. The van der Waals surface area contributed by atoms with Crippen molar-refractivity contribution in [3.63, 3.8) is 0 Å². The highest BCUT2D eigenvalue weighted by Gasteiger charge is 2.02. The molecule has 0 radical (unpaired) electrons. The quantitative estimate of drug-likeness (QED) is 0.452. The summed E-state index contributed by atoms with van der Waals surface area (Å²) >= 11 is 0. The summed E-state index contributed by atoms with van der Waals surface area (Å²) in [6, 6.07) is 10.4. The van der Waals surface area contributed by atoms with E-state index >= 15 is 0 Å². The van der Waals surface area contributed by atoms with Crippen LogP contribution in [-0.4, -0.2) is 34.3 Å². The number of guanidine groups is 1. The van der Waals surface area contributed by atoms with Gasteiger partial charge in [0.25, 0.3) is 0 Å². The third-order valence-electron chi connectivity index (χ3n) is 2.99. The number of aliphatic imine (C=N–C) groups is 1. The van der Waals surface area contributed by atoms with Crippen LogP contribution in [0.5, 0.6) is 0 Å². The lowest BCUT2D eigenvalue weighted by molar-refractivity contribution is 0.672. The van der Waals surface area contributed by atoms with Gasteiger partial charge in [-0.25, -0.2) is 4.98 Å². The molecule has 0 saturated carbocycles. The summed E-state index contributed by atoms with van der Waals surface area (Å²) in [4.78, 5) is 8.34. The van der Waals surface area contributed by atoms with Crippen LogP contribution in [0.3, 0.4) is 0 Å². The summed E-state index contributed by atoms with van der Waals surface area (Å²) in [6.45, 7) is 1.43. The highest BCUT2D eigenvalue weighted by atomic mass is 127. The van der Waals surface area contributed by atoms with E-state index < -0.39 is 0 Å². The molecule has 0 saturated heterocycles. The van der Waals surface area contributed by atoms with Gasteiger partial charge in [0.2, 0.25) is 0 Å². The van der Waals surface area contributed by atoms with Crippen molar-refractivity contribution in [3.05, 3.63) is 48.0 Å². The van der Waals surface area contributed by atoms with E-state index in [4.69, 9.17) is 0 Å². The Bertz CT molecular complexity index is 552. The maximum atomic E-state index is 4.19. The predicted molar refractivity (Wildman–Crippen MR) is 94.8 cm³/mol. The lowest BCUT2D eigenvalue weighted by Crippen LogP contribution is -2.38. The Kier molecular flexibility index (Phi) is 7.73. The van der Waals surface area contributed by atoms with Crippen LogP contribution in [0.2, 0.25) is 0 Å². The summed E-state index contributed by atoms with van der Waals surface area (Å²) in [6.07, 6.45) is 2.51. The third kappa shape index (κ3) is 5.70. The number of rotatable bonds is 5. The molecule has 0 unspecified atom stereocenters. The second-order valence-corrected chi connectivity index (χ2v) is 4.39. The molecule has 0 atom stereocenters. The van der Waals surface area contributed by atoms with Crippen LogP contribution in [0.15, 0.2) is 41.7 Å². The molecule has 0 bridgehead atoms. The molecule has 1 aromatic heterocycles. The minimum absolute atomic E-state index is 0. The van der Waals surface area contributed by atoms with Crippen LogP contribution in [-0.2, 0) is 20.0 Å². The molecule has 1 heterocycles. The number of halogens is 1. The number of aromatic nitrogens is 3. The summed E-state index contributed by atoms with van der Waals surface area (Å²) in [5.74, 6) is 1.64. The van der Waals surface area contributed by atoms with E-state index in [1.54, 1.807) is 18.1 Å². The molecule has 0 amide bonds. The van der Waals surface area contributed by atoms with Gasteiger partial charge in [-0.3, -0.25) is 9.67 Å². The van der Waals surface area contributed by atoms with Gasteiger partial charge in [0.05, 0.1) is 6.54 Å². The van der Waals surface area contributed by atoms with Gasteiger partial charge < -0.3 is 10.6 Å². The Labute approximate surface area is 142 Å².